The second-order valence-corrected chi connectivity index (χ2v) is 3.88. The fourth-order valence-corrected chi connectivity index (χ4v) is 1.52. The number of alkyl halides is 3. The number of hydrogen-bond acceptors (Lipinski definition) is 2. The van der Waals surface area contributed by atoms with E-state index in [0.717, 1.165) is 6.07 Å². The van der Waals surface area contributed by atoms with Gasteiger partial charge in [-0.1, -0.05) is 0 Å². The molecule has 0 spiro atoms. The maximum atomic E-state index is 13.1. The first-order chi connectivity index (χ1) is 9.38. The van der Waals surface area contributed by atoms with Gasteiger partial charge in [-0.05, 0) is 30.3 Å². The fourth-order valence-electron chi connectivity index (χ4n) is 1.52. The number of anilines is 1. The number of carbonyl (C=O) groups excluding carboxylic acids is 1. The van der Waals surface area contributed by atoms with Gasteiger partial charge < -0.3 is 5.32 Å². The highest BCUT2D eigenvalue weighted by Gasteiger charge is 2.34. The van der Waals surface area contributed by atoms with Gasteiger partial charge in [0.05, 0.1) is 5.56 Å². The third kappa shape index (κ3) is 3.11. The Hall–Kier alpha value is -2.44. The number of pyridine rings is 1. The molecule has 0 atom stereocenters. The molecule has 1 amide bonds. The second kappa shape index (κ2) is 5.28. The third-order valence-electron chi connectivity index (χ3n) is 2.47. The molecule has 0 saturated carbocycles. The van der Waals surface area contributed by atoms with Crippen LogP contribution in [0.25, 0.3) is 0 Å². The Balaban J connectivity index is 2.27. The lowest BCUT2D eigenvalue weighted by Gasteiger charge is -2.10. The quantitative estimate of drug-likeness (QED) is 0.858. The van der Waals surface area contributed by atoms with Gasteiger partial charge in [-0.2, -0.15) is 13.2 Å². The van der Waals surface area contributed by atoms with Gasteiger partial charge in [0.2, 0.25) is 0 Å². The summed E-state index contributed by atoms with van der Waals surface area (Å²) >= 11 is 0. The van der Waals surface area contributed by atoms with Gasteiger partial charge in [-0.15, -0.1) is 0 Å². The van der Waals surface area contributed by atoms with Crippen LogP contribution in [0, 0.1) is 5.82 Å². The topological polar surface area (TPSA) is 42.0 Å². The summed E-state index contributed by atoms with van der Waals surface area (Å²) in [5, 5.41) is 2.39. The SMILES string of the molecule is O=C(Nc1ccncc1)c1ccc(F)c(C(F)(F)F)c1. The Labute approximate surface area is 111 Å². The molecule has 1 heterocycles. The zero-order valence-electron chi connectivity index (χ0n) is 9.91. The highest BCUT2D eigenvalue weighted by molar-refractivity contribution is 6.04. The molecule has 0 aliphatic carbocycles. The summed E-state index contributed by atoms with van der Waals surface area (Å²) in [5.74, 6) is -2.18. The summed E-state index contributed by atoms with van der Waals surface area (Å²) in [4.78, 5) is 15.5. The lowest BCUT2D eigenvalue weighted by atomic mass is 10.1. The minimum Gasteiger partial charge on any atom is -0.322 e. The number of amides is 1. The van der Waals surface area contributed by atoms with E-state index < -0.39 is 23.5 Å². The zero-order chi connectivity index (χ0) is 14.8. The molecule has 3 nitrogen and oxygen atoms in total. The number of aromatic nitrogens is 1. The van der Waals surface area contributed by atoms with Gasteiger partial charge in [0.25, 0.3) is 5.91 Å². The molecule has 0 aliphatic rings. The number of carbonyl (C=O) groups is 1. The lowest BCUT2D eigenvalue weighted by Crippen LogP contribution is -2.15. The van der Waals surface area contributed by atoms with E-state index in [-0.39, 0.29) is 5.56 Å². The predicted octanol–water partition coefficient (Wildman–Crippen LogP) is 3.49. The van der Waals surface area contributed by atoms with Crippen LogP contribution in [-0.2, 0) is 6.18 Å². The molecular weight excluding hydrogens is 276 g/mol. The maximum Gasteiger partial charge on any atom is 0.419 e. The van der Waals surface area contributed by atoms with Crippen molar-refractivity contribution in [2.45, 2.75) is 6.18 Å². The first kappa shape index (κ1) is 14.0. The average Bonchev–Trinajstić information content (AvgIpc) is 2.39. The average molecular weight is 284 g/mol. The van der Waals surface area contributed by atoms with Crippen molar-refractivity contribution in [3.8, 4) is 0 Å². The largest absolute Gasteiger partial charge is 0.419 e. The molecule has 1 aromatic heterocycles. The van der Waals surface area contributed by atoms with Crippen LogP contribution in [0.2, 0.25) is 0 Å². The molecule has 0 unspecified atom stereocenters. The fraction of sp³-hybridized carbons (Fsp3) is 0.0769. The van der Waals surface area contributed by atoms with E-state index in [2.05, 4.69) is 10.3 Å². The Morgan fingerprint density at radius 3 is 2.35 bits per heavy atom. The minimum absolute atomic E-state index is 0.282. The molecule has 1 aromatic carbocycles. The Kier molecular flexibility index (Phi) is 3.69. The van der Waals surface area contributed by atoms with E-state index in [0.29, 0.717) is 17.8 Å². The molecule has 0 bridgehead atoms. The number of nitrogens with zero attached hydrogens (tertiary/aromatic N) is 1. The molecule has 0 radical (unpaired) electrons. The van der Waals surface area contributed by atoms with E-state index in [1.807, 2.05) is 0 Å². The zero-order valence-corrected chi connectivity index (χ0v) is 9.91. The van der Waals surface area contributed by atoms with Crippen LogP contribution in [0.5, 0.6) is 0 Å². The molecule has 2 rings (SSSR count). The van der Waals surface area contributed by atoms with E-state index in [1.165, 1.54) is 24.5 Å². The first-order valence-electron chi connectivity index (χ1n) is 5.46. The van der Waals surface area contributed by atoms with Crippen molar-refractivity contribution in [2.24, 2.45) is 0 Å². The second-order valence-electron chi connectivity index (χ2n) is 3.88. The number of benzene rings is 1. The lowest BCUT2D eigenvalue weighted by molar-refractivity contribution is -0.140. The molecule has 20 heavy (non-hydrogen) atoms. The molecule has 104 valence electrons. The van der Waals surface area contributed by atoms with Crippen molar-refractivity contribution in [3.63, 3.8) is 0 Å². The summed E-state index contributed by atoms with van der Waals surface area (Å²) < 4.78 is 50.7. The van der Waals surface area contributed by atoms with Gasteiger partial charge in [0.1, 0.15) is 5.82 Å². The number of halogens is 4. The van der Waals surface area contributed by atoms with Gasteiger partial charge >= 0.3 is 6.18 Å². The minimum atomic E-state index is -4.85. The smallest absolute Gasteiger partial charge is 0.322 e. The number of nitrogens with one attached hydrogen (secondary N) is 1. The van der Waals surface area contributed by atoms with E-state index in [1.54, 1.807) is 0 Å². The molecule has 2 aromatic rings. The Morgan fingerprint density at radius 2 is 1.75 bits per heavy atom. The van der Waals surface area contributed by atoms with Crippen LogP contribution >= 0.6 is 0 Å². The molecular formula is C13H8F4N2O. The highest BCUT2D eigenvalue weighted by Crippen LogP contribution is 2.32. The predicted molar refractivity (Wildman–Crippen MR) is 63.6 cm³/mol. The summed E-state index contributed by atoms with van der Waals surface area (Å²) in [5.41, 5.74) is -1.38. The number of rotatable bonds is 2. The van der Waals surface area contributed by atoms with Crippen molar-refractivity contribution in [2.75, 3.05) is 5.32 Å². The van der Waals surface area contributed by atoms with Crippen molar-refractivity contribution in [3.05, 3.63) is 59.7 Å². The number of hydrogen-bond donors (Lipinski definition) is 1. The van der Waals surface area contributed by atoms with Gasteiger partial charge in [-0.3, -0.25) is 9.78 Å². The molecule has 0 fully saturated rings. The van der Waals surface area contributed by atoms with Crippen molar-refractivity contribution in [1.82, 2.24) is 4.98 Å². The first-order valence-corrected chi connectivity index (χ1v) is 5.46. The van der Waals surface area contributed by atoms with Crippen LogP contribution in [0.3, 0.4) is 0 Å². The third-order valence-corrected chi connectivity index (χ3v) is 2.47. The molecule has 0 saturated heterocycles. The van der Waals surface area contributed by atoms with Crippen LogP contribution in [0.4, 0.5) is 23.2 Å². The summed E-state index contributed by atoms with van der Waals surface area (Å²) in [7, 11) is 0. The molecule has 1 N–H and O–H groups in total. The standard InChI is InChI=1S/C13H8F4N2O/c14-11-2-1-8(7-10(11)13(15,16)17)12(20)19-9-3-5-18-6-4-9/h1-7H,(H,18,19,20). The Morgan fingerprint density at radius 1 is 1.10 bits per heavy atom. The maximum absolute atomic E-state index is 13.1. The molecule has 7 heteroatoms. The van der Waals surface area contributed by atoms with E-state index in [4.69, 9.17) is 0 Å². The normalized spacial score (nSPS) is 11.2. The summed E-state index contributed by atoms with van der Waals surface area (Å²) in [6.07, 6.45) is -2.01. The highest BCUT2D eigenvalue weighted by atomic mass is 19.4. The summed E-state index contributed by atoms with van der Waals surface area (Å²) in [6, 6.07) is 5.04. The van der Waals surface area contributed by atoms with Crippen LogP contribution < -0.4 is 5.32 Å². The monoisotopic (exact) mass is 284 g/mol. The van der Waals surface area contributed by atoms with Gasteiger partial charge in [0, 0.05) is 23.6 Å². The van der Waals surface area contributed by atoms with Crippen LogP contribution in [0.15, 0.2) is 42.7 Å². The van der Waals surface area contributed by atoms with Crippen molar-refractivity contribution >= 4 is 11.6 Å². The summed E-state index contributed by atoms with van der Waals surface area (Å²) in [6.45, 7) is 0. The van der Waals surface area contributed by atoms with E-state index >= 15 is 0 Å². The van der Waals surface area contributed by atoms with Crippen molar-refractivity contribution < 1.29 is 22.4 Å². The Bertz CT molecular complexity index is 626. The van der Waals surface area contributed by atoms with Crippen molar-refractivity contribution in [1.29, 1.82) is 0 Å². The van der Waals surface area contributed by atoms with E-state index in [9.17, 15) is 22.4 Å². The molecule has 0 aliphatic heterocycles. The van der Waals surface area contributed by atoms with Crippen LogP contribution in [-0.4, -0.2) is 10.9 Å². The van der Waals surface area contributed by atoms with Gasteiger partial charge in [0.15, 0.2) is 0 Å². The van der Waals surface area contributed by atoms with Crippen LogP contribution in [0.1, 0.15) is 15.9 Å². The van der Waals surface area contributed by atoms with Gasteiger partial charge in [-0.25, -0.2) is 4.39 Å².